The third-order valence-corrected chi connectivity index (χ3v) is 3.97. The van der Waals surface area contributed by atoms with Crippen molar-refractivity contribution in [2.24, 2.45) is 0 Å². The number of benzene rings is 1. The van der Waals surface area contributed by atoms with Crippen molar-refractivity contribution in [2.75, 3.05) is 6.54 Å². The molecule has 0 spiro atoms. The Labute approximate surface area is 135 Å². The van der Waals surface area contributed by atoms with Crippen molar-refractivity contribution in [2.45, 2.75) is 0 Å². The Bertz CT molecular complexity index is 840. The predicted molar refractivity (Wildman–Crippen MR) is 88.0 cm³/mol. The third-order valence-electron chi connectivity index (χ3n) is 3.09. The highest BCUT2D eigenvalue weighted by molar-refractivity contribution is 7.80. The van der Waals surface area contributed by atoms with Crippen LogP contribution in [0.5, 0.6) is 0 Å². The van der Waals surface area contributed by atoms with Crippen LogP contribution in [0, 0.1) is 0 Å². The van der Waals surface area contributed by atoms with Gasteiger partial charge in [0.15, 0.2) is 5.11 Å². The van der Waals surface area contributed by atoms with Gasteiger partial charge in [0.1, 0.15) is 16.6 Å². The first-order valence-electron chi connectivity index (χ1n) is 6.32. The number of amides is 2. The van der Waals surface area contributed by atoms with Crippen LogP contribution in [0.1, 0.15) is 5.56 Å². The highest BCUT2D eigenvalue weighted by Crippen LogP contribution is 2.18. The summed E-state index contributed by atoms with van der Waals surface area (Å²) in [7, 11) is 0. The number of hydrogen-bond acceptors (Lipinski definition) is 6. The van der Waals surface area contributed by atoms with E-state index in [0.29, 0.717) is 5.56 Å². The number of hydrogen-bond donors (Lipinski definition) is 1. The van der Waals surface area contributed by atoms with E-state index in [9.17, 15) is 9.59 Å². The minimum atomic E-state index is -0.508. The number of rotatable bonds is 3. The molecule has 22 heavy (non-hydrogen) atoms. The Kier molecular flexibility index (Phi) is 3.78. The predicted octanol–water partition coefficient (Wildman–Crippen LogP) is 1.50. The van der Waals surface area contributed by atoms with E-state index in [1.54, 1.807) is 24.3 Å². The monoisotopic (exact) mass is 330 g/mol. The van der Waals surface area contributed by atoms with Crippen molar-refractivity contribution < 1.29 is 9.59 Å². The first-order chi connectivity index (χ1) is 10.6. The molecule has 1 N–H and O–H groups in total. The molecule has 0 bridgehead atoms. The average molecular weight is 330 g/mol. The molecule has 1 aliphatic heterocycles. The van der Waals surface area contributed by atoms with Crippen LogP contribution in [0.3, 0.4) is 0 Å². The summed E-state index contributed by atoms with van der Waals surface area (Å²) in [5.74, 6) is -0.947. The Hall–Kier alpha value is -2.45. The molecule has 1 saturated heterocycles. The second-order valence-electron chi connectivity index (χ2n) is 4.53. The summed E-state index contributed by atoms with van der Waals surface area (Å²) in [6.07, 6.45) is 3.07. The van der Waals surface area contributed by atoms with Crippen LogP contribution in [0.25, 0.3) is 17.1 Å². The van der Waals surface area contributed by atoms with Crippen LogP contribution in [-0.4, -0.2) is 37.1 Å². The zero-order valence-electron chi connectivity index (χ0n) is 11.3. The Morgan fingerprint density at radius 2 is 2.09 bits per heavy atom. The van der Waals surface area contributed by atoms with Gasteiger partial charge < -0.3 is 0 Å². The summed E-state index contributed by atoms with van der Waals surface area (Å²) in [5.41, 5.74) is 2.23. The van der Waals surface area contributed by atoms with Gasteiger partial charge in [0.05, 0.1) is 11.7 Å². The van der Waals surface area contributed by atoms with Gasteiger partial charge in [-0.3, -0.25) is 19.8 Å². The molecule has 0 saturated carbocycles. The lowest BCUT2D eigenvalue weighted by molar-refractivity contribution is -0.128. The van der Waals surface area contributed by atoms with Crippen molar-refractivity contribution in [3.63, 3.8) is 0 Å². The van der Waals surface area contributed by atoms with Gasteiger partial charge in [-0.25, -0.2) is 0 Å². The molecular formula is C14H10N4O2S2. The van der Waals surface area contributed by atoms with Crippen molar-refractivity contribution in [1.29, 1.82) is 0 Å². The van der Waals surface area contributed by atoms with Gasteiger partial charge in [0.25, 0.3) is 11.8 Å². The Morgan fingerprint density at radius 3 is 2.86 bits per heavy atom. The fourth-order valence-electron chi connectivity index (χ4n) is 2.04. The molecule has 2 heterocycles. The topological polar surface area (TPSA) is 75.2 Å². The molecule has 1 fully saturated rings. The lowest BCUT2D eigenvalue weighted by atomic mass is 10.1. The fourth-order valence-corrected chi connectivity index (χ4v) is 2.81. The largest absolute Gasteiger partial charge is 0.298 e. The van der Waals surface area contributed by atoms with E-state index < -0.39 is 11.8 Å². The molecule has 0 radical (unpaired) electrons. The molecule has 110 valence electrons. The number of nitrogens with zero attached hydrogens (tertiary/aromatic N) is 3. The maximum atomic E-state index is 12.4. The number of aromatic nitrogens is 2. The molecule has 1 aromatic carbocycles. The summed E-state index contributed by atoms with van der Waals surface area (Å²) in [6, 6.07) is 5.35. The van der Waals surface area contributed by atoms with Gasteiger partial charge in [0.2, 0.25) is 0 Å². The van der Waals surface area contributed by atoms with Gasteiger partial charge in [-0.05, 0) is 36.0 Å². The quantitative estimate of drug-likeness (QED) is 0.399. The van der Waals surface area contributed by atoms with Crippen LogP contribution in [0.15, 0.2) is 36.4 Å². The van der Waals surface area contributed by atoms with Crippen molar-refractivity contribution in [1.82, 2.24) is 19.0 Å². The zero-order valence-corrected chi connectivity index (χ0v) is 12.9. The van der Waals surface area contributed by atoms with E-state index in [1.165, 1.54) is 11.0 Å². The van der Waals surface area contributed by atoms with Gasteiger partial charge >= 0.3 is 0 Å². The normalized spacial score (nSPS) is 17.2. The van der Waals surface area contributed by atoms with Crippen molar-refractivity contribution in [3.05, 3.63) is 42.0 Å². The van der Waals surface area contributed by atoms with E-state index in [4.69, 9.17) is 12.2 Å². The summed E-state index contributed by atoms with van der Waals surface area (Å²) < 4.78 is 8.25. The first kappa shape index (κ1) is 14.5. The minimum absolute atomic E-state index is 0.0259. The van der Waals surface area contributed by atoms with Crippen LogP contribution in [0.2, 0.25) is 0 Å². The van der Waals surface area contributed by atoms with Gasteiger partial charge in [-0.15, -0.1) is 6.58 Å². The van der Waals surface area contributed by atoms with Crippen molar-refractivity contribution in [3.8, 4) is 0 Å². The lowest BCUT2D eigenvalue weighted by Crippen LogP contribution is -2.53. The second kappa shape index (κ2) is 5.74. The fraction of sp³-hybridized carbons (Fsp3) is 0.0714. The van der Waals surface area contributed by atoms with E-state index >= 15 is 0 Å². The average Bonchev–Trinajstić information content (AvgIpc) is 2.95. The number of nitrogens with one attached hydrogen (secondary N) is 1. The second-order valence-corrected chi connectivity index (χ2v) is 5.45. The lowest BCUT2D eigenvalue weighted by Gasteiger charge is -2.27. The number of carbonyl (C=O) groups excluding carboxylic acids is 2. The molecule has 0 aliphatic carbocycles. The minimum Gasteiger partial charge on any atom is -0.298 e. The van der Waals surface area contributed by atoms with E-state index in [2.05, 4.69) is 20.6 Å². The molecule has 3 rings (SSSR count). The van der Waals surface area contributed by atoms with E-state index in [1.807, 2.05) is 0 Å². The van der Waals surface area contributed by atoms with Crippen LogP contribution in [-0.2, 0) is 9.59 Å². The Morgan fingerprint density at radius 1 is 1.32 bits per heavy atom. The number of fused-ring (bicyclic) bond motifs is 1. The molecular weight excluding hydrogens is 320 g/mol. The standard InChI is InChI=1S/C14H10N4O2S2/c1-2-5-18-13(20)9(12(19)15-14(18)21)6-8-3-4-10-11(7-8)17-22-16-10/h2-4,6-7H,1,5H2,(H,15,19,21)/b9-6+. The van der Waals surface area contributed by atoms with Crippen LogP contribution >= 0.6 is 23.9 Å². The molecule has 1 aromatic heterocycles. The number of thiocarbonyl (C=S) groups is 1. The highest BCUT2D eigenvalue weighted by atomic mass is 32.1. The molecule has 2 aromatic rings. The zero-order chi connectivity index (χ0) is 15.7. The summed E-state index contributed by atoms with van der Waals surface area (Å²) in [5, 5.41) is 2.59. The van der Waals surface area contributed by atoms with Crippen molar-refractivity contribution >= 4 is 58.0 Å². The van der Waals surface area contributed by atoms with Gasteiger partial charge in [0, 0.05) is 6.54 Å². The van der Waals surface area contributed by atoms with Gasteiger partial charge in [-0.2, -0.15) is 8.75 Å². The smallest absolute Gasteiger partial charge is 0.265 e. The van der Waals surface area contributed by atoms with E-state index in [-0.39, 0.29) is 17.2 Å². The van der Waals surface area contributed by atoms with Gasteiger partial charge in [-0.1, -0.05) is 12.1 Å². The summed E-state index contributed by atoms with van der Waals surface area (Å²) in [6.45, 7) is 3.82. The molecule has 8 heteroatoms. The Balaban J connectivity index is 2.00. The van der Waals surface area contributed by atoms with Crippen LogP contribution < -0.4 is 5.32 Å². The summed E-state index contributed by atoms with van der Waals surface area (Å²) >= 11 is 6.11. The maximum absolute atomic E-state index is 12.4. The first-order valence-corrected chi connectivity index (χ1v) is 7.46. The third kappa shape index (κ3) is 2.53. The SMILES string of the molecule is C=CCN1C(=O)/C(=C/c2ccc3nsnc3c2)C(=O)NC1=S. The maximum Gasteiger partial charge on any atom is 0.265 e. The highest BCUT2D eigenvalue weighted by Gasteiger charge is 2.32. The van der Waals surface area contributed by atoms with Crippen LogP contribution in [0.4, 0.5) is 0 Å². The molecule has 1 aliphatic rings. The molecule has 6 nitrogen and oxygen atoms in total. The molecule has 2 amide bonds. The number of carbonyl (C=O) groups is 2. The molecule has 0 unspecified atom stereocenters. The van der Waals surface area contributed by atoms with E-state index in [0.717, 1.165) is 22.8 Å². The molecule has 0 atom stereocenters. The summed E-state index contributed by atoms with van der Waals surface area (Å²) in [4.78, 5) is 25.7.